The summed E-state index contributed by atoms with van der Waals surface area (Å²) in [5.41, 5.74) is 5.51. The van der Waals surface area contributed by atoms with E-state index < -0.39 is 52.6 Å². The summed E-state index contributed by atoms with van der Waals surface area (Å²) in [6, 6.07) is 8.39. The molecule has 1 fully saturated rings. The van der Waals surface area contributed by atoms with Crippen molar-refractivity contribution in [2.75, 3.05) is 13.1 Å². The molecule has 5 amide bonds. The molecule has 0 bridgehead atoms. The number of fused-ring (bicyclic) bond motifs is 5. The number of imide groups is 1. The molecule has 4 aliphatic rings. The fourth-order valence-corrected chi connectivity index (χ4v) is 10.8. The molecule has 3 atom stereocenters. The van der Waals surface area contributed by atoms with Crippen LogP contribution in [0, 0.1) is 17.3 Å². The molecule has 70 heavy (non-hydrogen) atoms. The molecule has 0 radical (unpaired) electrons. The van der Waals surface area contributed by atoms with Gasteiger partial charge in [0.15, 0.2) is 0 Å². The van der Waals surface area contributed by atoms with Crippen LogP contribution in [0.1, 0.15) is 140 Å². The molecular formula is C52H63BrN6O11. The number of aromatic nitrogens is 2. The Bertz CT molecular complexity index is 2650. The van der Waals surface area contributed by atoms with Crippen molar-refractivity contribution in [3.63, 3.8) is 0 Å². The van der Waals surface area contributed by atoms with Gasteiger partial charge in [-0.3, -0.25) is 43.3 Å². The van der Waals surface area contributed by atoms with Crippen LogP contribution in [0.4, 0.5) is 0 Å². The molecule has 3 aliphatic heterocycles. The second kappa shape index (κ2) is 22.4. The number of nitrogens with two attached hydrogens (primary N) is 1. The molecule has 0 spiro atoms. The quantitative estimate of drug-likeness (QED) is 0.0434. The molecule has 374 valence electrons. The number of esters is 2. The summed E-state index contributed by atoms with van der Waals surface area (Å²) in [5, 5.41) is 6.82. The maximum atomic E-state index is 14.4. The summed E-state index contributed by atoms with van der Waals surface area (Å²) in [6.45, 7) is 5.70. The summed E-state index contributed by atoms with van der Waals surface area (Å²) in [6.07, 6.45) is 8.89. The molecule has 3 aromatic rings. The van der Waals surface area contributed by atoms with Gasteiger partial charge in [0.2, 0.25) is 23.3 Å². The molecule has 5 heterocycles. The van der Waals surface area contributed by atoms with Crippen molar-refractivity contribution < 1.29 is 47.8 Å². The molecule has 1 aliphatic carbocycles. The Hall–Kier alpha value is -6.04. The number of hydrogen-bond acceptors (Lipinski definition) is 12. The maximum absolute atomic E-state index is 14.4. The number of unbranched alkanes of at least 4 members (excludes halogenated alkanes) is 3. The Morgan fingerprint density at radius 1 is 0.929 bits per heavy atom. The Morgan fingerprint density at radius 3 is 2.36 bits per heavy atom. The minimum atomic E-state index is -1.91. The van der Waals surface area contributed by atoms with Crippen molar-refractivity contribution >= 4 is 74.1 Å². The summed E-state index contributed by atoms with van der Waals surface area (Å²) in [5.74, 6) is -4.68. The number of ether oxygens (including phenoxy) is 2. The lowest BCUT2D eigenvalue weighted by Gasteiger charge is -2.39. The van der Waals surface area contributed by atoms with Gasteiger partial charge in [-0.05, 0) is 80.5 Å². The number of rotatable bonds is 23. The topological polar surface area (TPSA) is 243 Å². The summed E-state index contributed by atoms with van der Waals surface area (Å²) in [7, 11) is 0. The molecule has 7 rings (SSSR count). The van der Waals surface area contributed by atoms with Gasteiger partial charge in [-0.25, -0.2) is 9.78 Å². The number of carbonyl (C=O) groups excluding carboxylic acids is 8. The largest absolute Gasteiger partial charge is 0.457 e. The maximum Gasteiger partial charge on any atom is 0.355 e. The van der Waals surface area contributed by atoms with Crippen LogP contribution in [0.25, 0.3) is 22.3 Å². The zero-order chi connectivity index (χ0) is 50.3. The van der Waals surface area contributed by atoms with E-state index in [0.29, 0.717) is 56.3 Å². The fourth-order valence-electron chi connectivity index (χ4n) is 10.4. The first kappa shape index (κ1) is 51.8. The normalized spacial score (nSPS) is 18.8. The van der Waals surface area contributed by atoms with E-state index in [1.807, 2.05) is 38.1 Å². The van der Waals surface area contributed by atoms with Crippen molar-refractivity contribution in [3.05, 3.63) is 74.0 Å². The second-order valence-corrected chi connectivity index (χ2v) is 20.5. The van der Waals surface area contributed by atoms with Gasteiger partial charge in [-0.2, -0.15) is 0 Å². The minimum absolute atomic E-state index is 0.00838. The number of primary amides is 1. The van der Waals surface area contributed by atoms with Crippen LogP contribution in [0.3, 0.4) is 0 Å². The van der Waals surface area contributed by atoms with E-state index in [2.05, 4.69) is 26.6 Å². The van der Waals surface area contributed by atoms with Gasteiger partial charge in [0.05, 0.1) is 35.4 Å². The molecular weight excluding hydrogens is 965 g/mol. The van der Waals surface area contributed by atoms with Gasteiger partial charge >= 0.3 is 11.9 Å². The lowest BCUT2D eigenvalue weighted by atomic mass is 9.71. The Kier molecular flexibility index (Phi) is 16.5. The standard InChI is InChI=1S/C52H63BrN6O11/c1-4-52(37-26-41-46-32(24-35-38(53)15-13-17-39(35)56-46)28-59(41)49(67)36(37)29-69-50(52)68)70-45(64)27-51(21-10-6-11-22-51)30-55-48(66)40(16-8-9-18-42(54)61)57-47(65)34(31(2)3)25-33(60)14-7-5-12-23-58-43(62)19-20-44(58)63/h13,15,17,19-20,24,26,31,34,40H,4-12,14,16,18,21-23,25,27-30H2,1-3H3,(H2,54,61)(H,55,66)(H,57,65)/t34-,40-,52-/m0/s1. The number of benzene rings is 1. The highest BCUT2D eigenvalue weighted by Crippen LogP contribution is 2.44. The molecule has 4 N–H and O–H groups in total. The molecule has 18 heteroatoms. The van der Waals surface area contributed by atoms with E-state index in [0.717, 1.165) is 45.1 Å². The number of carbonyl (C=O) groups is 8. The predicted octanol–water partition coefficient (Wildman–Crippen LogP) is 6.10. The van der Waals surface area contributed by atoms with Crippen molar-refractivity contribution in [3.8, 4) is 11.4 Å². The predicted molar refractivity (Wildman–Crippen MR) is 261 cm³/mol. The van der Waals surface area contributed by atoms with Crippen LogP contribution in [0.15, 0.2) is 51.8 Å². The van der Waals surface area contributed by atoms with Crippen molar-refractivity contribution in [2.24, 2.45) is 23.0 Å². The number of nitrogens with zero attached hydrogens (tertiary/aromatic N) is 3. The third-order valence-corrected chi connectivity index (χ3v) is 15.1. The van der Waals surface area contributed by atoms with Crippen LogP contribution >= 0.6 is 15.9 Å². The van der Waals surface area contributed by atoms with E-state index in [-0.39, 0.29) is 105 Å². The van der Waals surface area contributed by atoms with Crippen molar-refractivity contribution in [2.45, 2.75) is 148 Å². The monoisotopic (exact) mass is 1030 g/mol. The average Bonchev–Trinajstić information content (AvgIpc) is 3.85. The third kappa shape index (κ3) is 11.4. The fraction of sp³-hybridized carbons (Fsp3) is 0.538. The highest BCUT2D eigenvalue weighted by Gasteiger charge is 2.51. The number of amides is 5. The van der Waals surface area contributed by atoms with Crippen LogP contribution in [0.5, 0.6) is 0 Å². The Balaban J connectivity index is 1.03. The van der Waals surface area contributed by atoms with Crippen molar-refractivity contribution in [1.82, 2.24) is 25.1 Å². The van der Waals surface area contributed by atoms with Crippen LogP contribution < -0.4 is 21.9 Å². The van der Waals surface area contributed by atoms with Crippen LogP contribution in [-0.4, -0.2) is 80.8 Å². The number of ketones is 1. The number of nitrogens with one attached hydrogen (secondary N) is 2. The number of hydrogen-bond donors (Lipinski definition) is 3. The smallest absolute Gasteiger partial charge is 0.355 e. The first-order valence-corrected chi connectivity index (χ1v) is 25.4. The highest BCUT2D eigenvalue weighted by molar-refractivity contribution is 9.10. The lowest BCUT2D eigenvalue weighted by molar-refractivity contribution is -0.191. The summed E-state index contributed by atoms with van der Waals surface area (Å²) < 4.78 is 14.3. The van der Waals surface area contributed by atoms with E-state index in [9.17, 15) is 43.2 Å². The zero-order valence-corrected chi connectivity index (χ0v) is 41.8. The number of cyclic esters (lactones) is 1. The average molecular weight is 1030 g/mol. The van der Waals surface area contributed by atoms with Crippen molar-refractivity contribution in [1.29, 1.82) is 0 Å². The number of pyridine rings is 2. The van der Waals surface area contributed by atoms with Gasteiger partial charge in [-0.15, -0.1) is 0 Å². The van der Waals surface area contributed by atoms with E-state index in [1.165, 1.54) is 12.2 Å². The molecule has 2 aromatic heterocycles. The van der Waals surface area contributed by atoms with Crippen LogP contribution in [-0.2, 0) is 66.6 Å². The summed E-state index contributed by atoms with van der Waals surface area (Å²) in [4.78, 5) is 125. The molecule has 1 saturated carbocycles. The van der Waals surface area contributed by atoms with Gasteiger partial charge in [0.1, 0.15) is 18.4 Å². The molecule has 0 unspecified atom stereocenters. The van der Waals surface area contributed by atoms with E-state index in [1.54, 1.807) is 17.6 Å². The van der Waals surface area contributed by atoms with Gasteiger partial charge in [0, 0.05) is 71.4 Å². The zero-order valence-electron chi connectivity index (χ0n) is 40.2. The molecule has 0 saturated heterocycles. The second-order valence-electron chi connectivity index (χ2n) is 19.6. The van der Waals surface area contributed by atoms with E-state index in [4.69, 9.17) is 20.2 Å². The van der Waals surface area contributed by atoms with Gasteiger partial charge < -0.3 is 30.4 Å². The SMILES string of the molecule is CC[C@@]1(OC(=O)CC2(CNC(=O)[C@H](CCCCC(N)=O)NC(=O)[C@@H](CC(=O)CCCCCN3C(=O)C=CC3=O)C(C)C)CCCCC2)C(=O)OCc2c1cc1n(c2=O)Cc2cc3c(Br)cccc3nc2-1. The van der Waals surface area contributed by atoms with Crippen LogP contribution in [0.2, 0.25) is 0 Å². The lowest BCUT2D eigenvalue weighted by Crippen LogP contribution is -2.52. The van der Waals surface area contributed by atoms with Gasteiger partial charge in [-0.1, -0.05) is 74.9 Å². The third-order valence-electron chi connectivity index (χ3n) is 14.5. The van der Waals surface area contributed by atoms with Gasteiger partial charge in [0.25, 0.3) is 17.4 Å². The molecule has 1 aromatic carbocycles. The van der Waals surface area contributed by atoms with E-state index >= 15 is 0 Å². The molecule has 17 nitrogen and oxygen atoms in total. The Labute approximate surface area is 415 Å². The highest BCUT2D eigenvalue weighted by atomic mass is 79.9. The Morgan fingerprint density at radius 2 is 1.66 bits per heavy atom. The first-order chi connectivity index (χ1) is 33.5. The first-order valence-electron chi connectivity index (χ1n) is 24.6. The number of Topliss-reactive ketones (excluding diaryl/α,β-unsaturated/α-hetero) is 1. The number of halogens is 1. The summed E-state index contributed by atoms with van der Waals surface area (Å²) >= 11 is 3.60. The minimum Gasteiger partial charge on any atom is -0.457 e.